The van der Waals surface area contributed by atoms with E-state index in [4.69, 9.17) is 22.9 Å². The quantitative estimate of drug-likeness (QED) is 0.462. The fraction of sp³-hybridized carbons (Fsp3) is 0.600. The van der Waals surface area contributed by atoms with Crippen LogP contribution in [-0.4, -0.2) is 31.8 Å². The summed E-state index contributed by atoms with van der Waals surface area (Å²) in [6.07, 6.45) is -0.176. The molecule has 0 bridgehead atoms. The Morgan fingerprint density at radius 1 is 1.08 bits per heavy atom. The molecule has 0 N–H and O–H groups in total. The minimum atomic E-state index is -3.43. The van der Waals surface area contributed by atoms with E-state index in [-0.39, 0.29) is 44.1 Å². The molecule has 0 aliphatic heterocycles. The molecule has 0 atom stereocenters. The van der Waals surface area contributed by atoms with Gasteiger partial charge >= 0.3 is 19.5 Å². The van der Waals surface area contributed by atoms with Crippen molar-refractivity contribution < 1.29 is 37.1 Å². The molecule has 0 aliphatic rings. The summed E-state index contributed by atoms with van der Waals surface area (Å²) < 4.78 is 38.4. The van der Waals surface area contributed by atoms with Crippen LogP contribution in [0.25, 0.3) is 0 Å². The lowest BCUT2D eigenvalue weighted by atomic mass is 10.2. The summed E-state index contributed by atoms with van der Waals surface area (Å²) in [4.78, 5) is 22.8. The summed E-state index contributed by atoms with van der Waals surface area (Å²) in [6, 6.07) is 1.40. The first-order chi connectivity index (χ1) is 11.3. The van der Waals surface area contributed by atoms with Gasteiger partial charge in [-0.15, -0.1) is 0 Å². The molecule has 0 radical (unpaired) electrons. The number of hydrogen-bond donors (Lipinski definition) is 0. The number of esters is 2. The molecule has 1 aromatic rings. The summed E-state index contributed by atoms with van der Waals surface area (Å²) in [5, 5.41) is 0. The Labute approximate surface area is 140 Å². The van der Waals surface area contributed by atoms with Crippen molar-refractivity contribution in [3.63, 3.8) is 0 Å². The molecule has 0 unspecified atom stereocenters. The van der Waals surface area contributed by atoms with Crippen molar-refractivity contribution in [1.82, 2.24) is 0 Å². The fourth-order valence-electron chi connectivity index (χ4n) is 1.90. The lowest BCUT2D eigenvalue weighted by Crippen LogP contribution is -2.03. The van der Waals surface area contributed by atoms with Crippen LogP contribution < -0.4 is 0 Å². The van der Waals surface area contributed by atoms with Crippen LogP contribution in [0.15, 0.2) is 10.5 Å². The SMILES string of the molecule is CCOC(=O)c1cc(COC(C)=O)c(CP(=O)(OCC)OCC)o1. The maximum absolute atomic E-state index is 12.6. The van der Waals surface area contributed by atoms with Gasteiger partial charge in [-0.1, -0.05) is 0 Å². The Morgan fingerprint density at radius 3 is 2.21 bits per heavy atom. The van der Waals surface area contributed by atoms with E-state index >= 15 is 0 Å². The van der Waals surface area contributed by atoms with Crippen LogP contribution in [0.3, 0.4) is 0 Å². The highest BCUT2D eigenvalue weighted by molar-refractivity contribution is 7.53. The van der Waals surface area contributed by atoms with Gasteiger partial charge in [0.05, 0.1) is 19.8 Å². The van der Waals surface area contributed by atoms with Gasteiger partial charge in [-0.2, -0.15) is 0 Å². The first kappa shape index (κ1) is 20.4. The third kappa shape index (κ3) is 6.11. The molecular formula is C15H23O8P. The Kier molecular flexibility index (Phi) is 8.18. The smallest absolute Gasteiger partial charge is 0.374 e. The van der Waals surface area contributed by atoms with Crippen molar-refractivity contribution in [1.29, 1.82) is 0 Å². The highest BCUT2D eigenvalue weighted by Gasteiger charge is 2.29. The molecule has 0 saturated heterocycles. The molecule has 8 nitrogen and oxygen atoms in total. The Balaban J connectivity index is 3.09. The van der Waals surface area contributed by atoms with Gasteiger partial charge in [0.2, 0.25) is 5.76 Å². The summed E-state index contributed by atoms with van der Waals surface area (Å²) >= 11 is 0. The Hall–Kier alpha value is -1.63. The van der Waals surface area contributed by atoms with E-state index in [1.54, 1.807) is 20.8 Å². The molecule has 0 saturated carbocycles. The zero-order chi connectivity index (χ0) is 18.2. The molecule has 1 rings (SSSR count). The van der Waals surface area contributed by atoms with Crippen LogP contribution in [-0.2, 0) is 40.6 Å². The van der Waals surface area contributed by atoms with Crippen LogP contribution in [0.2, 0.25) is 0 Å². The Morgan fingerprint density at radius 2 is 1.71 bits per heavy atom. The molecule has 0 spiro atoms. The standard InChI is InChI=1S/C15H23O8P/c1-5-19-15(17)13-8-12(9-20-11(4)16)14(23-13)10-24(18,21-6-2)22-7-3/h8H,5-7,9-10H2,1-4H3. The zero-order valence-electron chi connectivity index (χ0n) is 14.3. The predicted octanol–water partition coefficient (Wildman–Crippen LogP) is 3.29. The third-order valence-corrected chi connectivity index (χ3v) is 4.77. The van der Waals surface area contributed by atoms with E-state index in [2.05, 4.69) is 0 Å². The van der Waals surface area contributed by atoms with Gasteiger partial charge < -0.3 is 22.9 Å². The molecular weight excluding hydrogens is 339 g/mol. The first-order valence-corrected chi connectivity index (χ1v) is 9.38. The molecule has 136 valence electrons. The zero-order valence-corrected chi connectivity index (χ0v) is 15.2. The van der Waals surface area contributed by atoms with Crippen molar-refractivity contribution in [3.8, 4) is 0 Å². The van der Waals surface area contributed by atoms with Gasteiger partial charge in [-0.25, -0.2) is 4.79 Å². The van der Waals surface area contributed by atoms with Crippen molar-refractivity contribution in [2.75, 3.05) is 19.8 Å². The molecule has 0 aliphatic carbocycles. The van der Waals surface area contributed by atoms with Crippen LogP contribution in [0, 0.1) is 0 Å². The molecule has 0 aromatic carbocycles. The van der Waals surface area contributed by atoms with Crippen molar-refractivity contribution in [2.45, 2.75) is 40.5 Å². The highest BCUT2D eigenvalue weighted by atomic mass is 31.2. The van der Waals surface area contributed by atoms with E-state index in [9.17, 15) is 14.2 Å². The van der Waals surface area contributed by atoms with Gasteiger partial charge in [0.25, 0.3) is 0 Å². The average Bonchev–Trinajstić information content (AvgIpc) is 2.88. The second kappa shape index (κ2) is 9.61. The molecule has 1 aromatic heterocycles. The minimum absolute atomic E-state index is 0.0615. The summed E-state index contributed by atoms with van der Waals surface area (Å²) in [6.45, 7) is 6.77. The lowest BCUT2D eigenvalue weighted by Gasteiger charge is -2.16. The van der Waals surface area contributed by atoms with Gasteiger partial charge in [0.1, 0.15) is 18.5 Å². The maximum atomic E-state index is 12.6. The van der Waals surface area contributed by atoms with Crippen LogP contribution >= 0.6 is 7.60 Å². The van der Waals surface area contributed by atoms with E-state index in [0.717, 1.165) is 0 Å². The second-order valence-electron chi connectivity index (χ2n) is 4.66. The maximum Gasteiger partial charge on any atom is 0.374 e. The van der Waals surface area contributed by atoms with Crippen LogP contribution in [0.5, 0.6) is 0 Å². The summed E-state index contributed by atoms with van der Waals surface area (Å²) in [5.74, 6) is -1.01. The molecule has 24 heavy (non-hydrogen) atoms. The number of carbonyl (C=O) groups excluding carboxylic acids is 2. The topological polar surface area (TPSA) is 101 Å². The van der Waals surface area contributed by atoms with Crippen LogP contribution in [0.4, 0.5) is 0 Å². The molecule has 0 amide bonds. The largest absolute Gasteiger partial charge is 0.461 e. The third-order valence-electron chi connectivity index (χ3n) is 2.79. The van der Waals surface area contributed by atoms with Crippen LogP contribution in [0.1, 0.15) is 49.6 Å². The number of carbonyl (C=O) groups is 2. The lowest BCUT2D eigenvalue weighted by molar-refractivity contribution is -0.142. The minimum Gasteiger partial charge on any atom is -0.461 e. The van der Waals surface area contributed by atoms with Gasteiger partial charge in [-0.3, -0.25) is 9.36 Å². The summed E-state index contributed by atoms with van der Waals surface area (Å²) in [7, 11) is -3.43. The number of rotatable bonds is 10. The molecule has 0 fully saturated rings. The van der Waals surface area contributed by atoms with E-state index < -0.39 is 19.5 Å². The number of hydrogen-bond acceptors (Lipinski definition) is 8. The Bertz CT molecular complexity index is 597. The normalized spacial score (nSPS) is 11.3. The van der Waals surface area contributed by atoms with Gasteiger partial charge in [0, 0.05) is 12.5 Å². The molecule has 1 heterocycles. The van der Waals surface area contributed by atoms with Gasteiger partial charge in [0.15, 0.2) is 0 Å². The van der Waals surface area contributed by atoms with Crippen molar-refractivity contribution in [3.05, 3.63) is 23.2 Å². The second-order valence-corrected chi connectivity index (χ2v) is 6.72. The van der Waals surface area contributed by atoms with Crippen molar-refractivity contribution >= 4 is 19.5 Å². The summed E-state index contributed by atoms with van der Waals surface area (Å²) in [5.41, 5.74) is 0.410. The fourth-order valence-corrected chi connectivity index (χ4v) is 3.57. The predicted molar refractivity (Wildman–Crippen MR) is 84.7 cm³/mol. The monoisotopic (exact) mass is 362 g/mol. The van der Waals surface area contributed by atoms with Crippen molar-refractivity contribution in [2.24, 2.45) is 0 Å². The van der Waals surface area contributed by atoms with E-state index in [1.807, 2.05) is 0 Å². The highest BCUT2D eigenvalue weighted by Crippen LogP contribution is 2.52. The average molecular weight is 362 g/mol. The van der Waals surface area contributed by atoms with E-state index in [1.165, 1.54) is 13.0 Å². The van der Waals surface area contributed by atoms with E-state index in [0.29, 0.717) is 5.56 Å². The first-order valence-electron chi connectivity index (χ1n) is 7.65. The molecule has 9 heteroatoms. The number of ether oxygens (including phenoxy) is 2. The van der Waals surface area contributed by atoms with Gasteiger partial charge in [-0.05, 0) is 26.8 Å². The number of furan rings is 1.